The van der Waals surface area contributed by atoms with Gasteiger partial charge in [-0.2, -0.15) is 0 Å². The second-order valence-electron chi connectivity index (χ2n) is 6.98. The molecule has 0 aliphatic carbocycles. The first-order valence-corrected chi connectivity index (χ1v) is 9.87. The maximum atomic E-state index is 13.3. The molecule has 0 radical (unpaired) electrons. The number of carbonyl (C=O) groups excluding carboxylic acids is 1. The Labute approximate surface area is 176 Å². The van der Waals surface area contributed by atoms with Gasteiger partial charge in [-0.1, -0.05) is 60.1 Å². The molecule has 0 aliphatic rings. The van der Waals surface area contributed by atoms with Gasteiger partial charge in [-0.3, -0.25) is 10.1 Å². The third-order valence-corrected chi connectivity index (χ3v) is 5.05. The van der Waals surface area contributed by atoms with Crippen molar-refractivity contribution >= 4 is 23.2 Å². The summed E-state index contributed by atoms with van der Waals surface area (Å²) < 4.78 is 5.40. The summed E-state index contributed by atoms with van der Waals surface area (Å²) in [6.07, 6.45) is 0. The van der Waals surface area contributed by atoms with E-state index in [1.165, 1.54) is 0 Å². The van der Waals surface area contributed by atoms with Crippen molar-refractivity contribution in [3.8, 4) is 5.75 Å². The number of amides is 1. The van der Waals surface area contributed by atoms with E-state index in [4.69, 9.17) is 16.3 Å². The minimum absolute atomic E-state index is 0.0531. The molecule has 29 heavy (non-hydrogen) atoms. The Kier molecular flexibility index (Phi) is 6.91. The van der Waals surface area contributed by atoms with Gasteiger partial charge in [-0.15, -0.1) is 0 Å². The van der Waals surface area contributed by atoms with E-state index >= 15 is 0 Å². The number of methoxy groups -OCH3 is 1. The SMILES string of the molecule is COc1ccc(C)cc1NC(=O)C(NC(C)c1ccc(Cl)cc1)c1ccccc1. The maximum Gasteiger partial charge on any atom is 0.246 e. The van der Waals surface area contributed by atoms with Crippen molar-refractivity contribution in [1.82, 2.24) is 5.32 Å². The van der Waals surface area contributed by atoms with Gasteiger partial charge in [-0.05, 0) is 54.8 Å². The van der Waals surface area contributed by atoms with Crippen LogP contribution in [0.25, 0.3) is 0 Å². The minimum atomic E-state index is -0.535. The number of benzene rings is 3. The maximum absolute atomic E-state index is 13.3. The molecule has 0 heterocycles. The van der Waals surface area contributed by atoms with E-state index in [1.54, 1.807) is 7.11 Å². The zero-order valence-corrected chi connectivity index (χ0v) is 17.5. The van der Waals surface area contributed by atoms with Crippen LogP contribution in [-0.4, -0.2) is 13.0 Å². The topological polar surface area (TPSA) is 50.4 Å². The van der Waals surface area contributed by atoms with Gasteiger partial charge in [0.2, 0.25) is 5.91 Å². The molecule has 0 fully saturated rings. The van der Waals surface area contributed by atoms with Crippen molar-refractivity contribution in [3.05, 3.63) is 94.5 Å². The predicted octanol–water partition coefficient (Wildman–Crippen LogP) is 5.69. The third kappa shape index (κ3) is 5.37. The first kappa shape index (κ1) is 20.9. The number of hydrogen-bond donors (Lipinski definition) is 2. The van der Waals surface area contributed by atoms with Gasteiger partial charge in [-0.25, -0.2) is 0 Å². The quantitative estimate of drug-likeness (QED) is 0.528. The minimum Gasteiger partial charge on any atom is -0.495 e. The summed E-state index contributed by atoms with van der Waals surface area (Å²) in [5.41, 5.74) is 3.63. The van der Waals surface area contributed by atoms with Crippen LogP contribution >= 0.6 is 11.6 Å². The van der Waals surface area contributed by atoms with Crippen LogP contribution < -0.4 is 15.4 Å². The molecule has 0 aliphatic heterocycles. The number of ether oxygens (including phenoxy) is 1. The van der Waals surface area contributed by atoms with E-state index in [2.05, 4.69) is 10.6 Å². The molecule has 0 saturated heterocycles. The number of carbonyl (C=O) groups is 1. The summed E-state index contributed by atoms with van der Waals surface area (Å²) in [6.45, 7) is 4.00. The van der Waals surface area contributed by atoms with Crippen LogP contribution in [0.3, 0.4) is 0 Å². The molecule has 4 nitrogen and oxygen atoms in total. The molecule has 0 saturated carbocycles. The molecule has 5 heteroatoms. The van der Waals surface area contributed by atoms with Crippen molar-refractivity contribution < 1.29 is 9.53 Å². The fourth-order valence-corrected chi connectivity index (χ4v) is 3.32. The lowest BCUT2D eigenvalue weighted by Gasteiger charge is -2.24. The molecule has 0 bridgehead atoms. The molecular formula is C24H25ClN2O2. The summed E-state index contributed by atoms with van der Waals surface area (Å²) in [7, 11) is 1.59. The van der Waals surface area contributed by atoms with Gasteiger partial charge in [0, 0.05) is 11.1 Å². The number of nitrogens with one attached hydrogen (secondary N) is 2. The molecule has 1 amide bonds. The Morgan fingerprint density at radius 3 is 2.31 bits per heavy atom. The smallest absolute Gasteiger partial charge is 0.246 e. The van der Waals surface area contributed by atoms with Crippen LogP contribution in [0.1, 0.15) is 35.7 Å². The zero-order chi connectivity index (χ0) is 20.8. The fourth-order valence-electron chi connectivity index (χ4n) is 3.19. The van der Waals surface area contributed by atoms with Crippen LogP contribution in [0, 0.1) is 6.92 Å². The van der Waals surface area contributed by atoms with Crippen molar-refractivity contribution in [2.45, 2.75) is 25.9 Å². The van der Waals surface area contributed by atoms with E-state index in [9.17, 15) is 4.79 Å². The first-order valence-electron chi connectivity index (χ1n) is 9.50. The molecular weight excluding hydrogens is 384 g/mol. The highest BCUT2D eigenvalue weighted by Gasteiger charge is 2.24. The molecule has 3 aromatic rings. The molecule has 0 spiro atoms. The number of aryl methyl sites for hydroxylation is 1. The summed E-state index contributed by atoms with van der Waals surface area (Å²) in [4.78, 5) is 13.3. The standard InChI is InChI=1S/C24H25ClN2O2/c1-16-9-14-22(29-3)21(15-16)27-24(28)23(19-7-5-4-6-8-19)26-17(2)18-10-12-20(25)13-11-18/h4-15,17,23,26H,1-3H3,(H,27,28). The lowest BCUT2D eigenvalue weighted by atomic mass is 10.0. The van der Waals surface area contributed by atoms with Crippen molar-refractivity contribution in [2.24, 2.45) is 0 Å². The monoisotopic (exact) mass is 408 g/mol. The van der Waals surface area contributed by atoms with E-state index < -0.39 is 6.04 Å². The van der Waals surface area contributed by atoms with Crippen LogP contribution in [0.5, 0.6) is 5.75 Å². The Morgan fingerprint density at radius 2 is 1.66 bits per heavy atom. The average Bonchev–Trinajstić information content (AvgIpc) is 2.73. The Hall–Kier alpha value is -2.82. The molecule has 2 unspecified atom stereocenters. The lowest BCUT2D eigenvalue weighted by Crippen LogP contribution is -2.34. The van der Waals surface area contributed by atoms with Gasteiger partial charge in [0.15, 0.2) is 0 Å². The molecule has 2 N–H and O–H groups in total. The average molecular weight is 409 g/mol. The third-order valence-electron chi connectivity index (χ3n) is 4.79. The van der Waals surface area contributed by atoms with E-state index in [0.717, 1.165) is 16.7 Å². The van der Waals surface area contributed by atoms with Crippen LogP contribution in [-0.2, 0) is 4.79 Å². The summed E-state index contributed by atoms with van der Waals surface area (Å²) in [5, 5.41) is 7.15. The zero-order valence-electron chi connectivity index (χ0n) is 16.8. The Bertz CT molecular complexity index is 958. The number of anilines is 1. The summed E-state index contributed by atoms with van der Waals surface area (Å²) in [6, 6.07) is 22.4. The summed E-state index contributed by atoms with van der Waals surface area (Å²) in [5.74, 6) is 0.474. The van der Waals surface area contributed by atoms with Crippen LogP contribution in [0.2, 0.25) is 5.02 Å². The van der Waals surface area contributed by atoms with Gasteiger partial charge >= 0.3 is 0 Å². The highest BCUT2D eigenvalue weighted by molar-refractivity contribution is 6.30. The van der Waals surface area contributed by atoms with Gasteiger partial charge in [0.25, 0.3) is 0 Å². The van der Waals surface area contributed by atoms with Crippen molar-refractivity contribution in [1.29, 1.82) is 0 Å². The van der Waals surface area contributed by atoms with Crippen LogP contribution in [0.4, 0.5) is 5.69 Å². The number of rotatable bonds is 7. The number of halogens is 1. The van der Waals surface area contributed by atoms with Crippen molar-refractivity contribution in [2.75, 3.05) is 12.4 Å². The first-order chi connectivity index (χ1) is 14.0. The van der Waals surface area contributed by atoms with Gasteiger partial charge < -0.3 is 10.1 Å². The molecule has 3 aromatic carbocycles. The predicted molar refractivity (Wildman–Crippen MR) is 119 cm³/mol. The Morgan fingerprint density at radius 1 is 0.966 bits per heavy atom. The van der Waals surface area contributed by atoms with E-state index in [1.807, 2.05) is 86.6 Å². The van der Waals surface area contributed by atoms with Crippen LogP contribution in [0.15, 0.2) is 72.8 Å². The van der Waals surface area contributed by atoms with E-state index in [0.29, 0.717) is 16.5 Å². The van der Waals surface area contributed by atoms with Crippen molar-refractivity contribution in [3.63, 3.8) is 0 Å². The van der Waals surface area contributed by atoms with Gasteiger partial charge in [0.1, 0.15) is 11.8 Å². The molecule has 0 aromatic heterocycles. The highest BCUT2D eigenvalue weighted by atomic mass is 35.5. The largest absolute Gasteiger partial charge is 0.495 e. The fraction of sp³-hybridized carbons (Fsp3) is 0.208. The van der Waals surface area contributed by atoms with E-state index in [-0.39, 0.29) is 11.9 Å². The number of hydrogen-bond acceptors (Lipinski definition) is 3. The molecule has 2 atom stereocenters. The summed E-state index contributed by atoms with van der Waals surface area (Å²) >= 11 is 6.00. The normalized spacial score (nSPS) is 12.8. The molecule has 3 rings (SSSR count). The highest BCUT2D eigenvalue weighted by Crippen LogP contribution is 2.28. The second-order valence-corrected chi connectivity index (χ2v) is 7.41. The lowest BCUT2D eigenvalue weighted by molar-refractivity contribution is -0.118. The second kappa shape index (κ2) is 9.59. The van der Waals surface area contributed by atoms with Gasteiger partial charge in [0.05, 0.1) is 12.8 Å². The Balaban J connectivity index is 1.86. The molecule has 150 valence electrons.